The summed E-state index contributed by atoms with van der Waals surface area (Å²) in [6, 6.07) is 5.32. The van der Waals surface area contributed by atoms with Gasteiger partial charge in [0.15, 0.2) is 10.8 Å². The molecule has 5 nitrogen and oxygen atoms in total. The van der Waals surface area contributed by atoms with Gasteiger partial charge in [0, 0.05) is 6.20 Å². The van der Waals surface area contributed by atoms with Gasteiger partial charge in [-0.15, -0.1) is 0 Å². The Balaban J connectivity index is 2.55. The largest absolute Gasteiger partial charge is 0.464 e. The van der Waals surface area contributed by atoms with E-state index < -0.39 is 5.97 Å². The van der Waals surface area contributed by atoms with Gasteiger partial charge in [0.2, 0.25) is 0 Å². The van der Waals surface area contributed by atoms with Crippen LogP contribution < -0.4 is 0 Å². The maximum Gasteiger partial charge on any atom is 0.358 e. The molecule has 0 amide bonds. The average Bonchev–Trinajstić information content (AvgIpc) is 2.71. The Bertz CT molecular complexity index is 510. The minimum absolute atomic E-state index is 0.0949. The summed E-state index contributed by atoms with van der Waals surface area (Å²) < 4.78 is 6.11. The molecule has 0 aromatic carbocycles. The topological polar surface area (TPSA) is 57.0 Å². The molecule has 2 aromatic heterocycles. The molecule has 16 heavy (non-hydrogen) atoms. The molecule has 6 heteroatoms. The molecule has 0 spiro atoms. The van der Waals surface area contributed by atoms with Crippen molar-refractivity contribution >= 4 is 17.6 Å². The number of imidazole rings is 1. The number of esters is 1. The van der Waals surface area contributed by atoms with Crippen LogP contribution in [0.25, 0.3) is 5.82 Å². The number of methoxy groups -OCH3 is 1. The molecule has 82 valence electrons. The van der Waals surface area contributed by atoms with Gasteiger partial charge in [-0.2, -0.15) is 0 Å². The van der Waals surface area contributed by atoms with Crippen LogP contribution in [0.15, 0.2) is 30.7 Å². The number of aromatic nitrogens is 3. The van der Waals surface area contributed by atoms with E-state index in [0.29, 0.717) is 5.82 Å². The van der Waals surface area contributed by atoms with Crippen LogP contribution in [0.5, 0.6) is 0 Å². The maximum absolute atomic E-state index is 11.5. The third-order valence-corrected chi connectivity index (χ3v) is 2.27. The number of hydrogen-bond acceptors (Lipinski definition) is 4. The van der Waals surface area contributed by atoms with Crippen molar-refractivity contribution in [2.24, 2.45) is 0 Å². The molecule has 0 bridgehead atoms. The quantitative estimate of drug-likeness (QED) is 0.746. The molecule has 0 unspecified atom stereocenters. The first-order chi connectivity index (χ1) is 7.74. The molecule has 0 radical (unpaired) electrons. The minimum Gasteiger partial charge on any atom is -0.464 e. The smallest absolute Gasteiger partial charge is 0.358 e. The molecule has 0 aliphatic rings. The van der Waals surface area contributed by atoms with Crippen LogP contribution >= 0.6 is 11.6 Å². The second-order valence-electron chi connectivity index (χ2n) is 2.93. The van der Waals surface area contributed by atoms with Gasteiger partial charge in [-0.3, -0.25) is 4.57 Å². The van der Waals surface area contributed by atoms with E-state index in [-0.39, 0.29) is 10.8 Å². The van der Waals surface area contributed by atoms with E-state index in [9.17, 15) is 4.79 Å². The molecule has 0 atom stereocenters. The van der Waals surface area contributed by atoms with Crippen molar-refractivity contribution < 1.29 is 9.53 Å². The first kappa shape index (κ1) is 10.6. The molecule has 0 aliphatic carbocycles. The Labute approximate surface area is 96.7 Å². The number of carbonyl (C=O) groups excluding carboxylic acids is 1. The third kappa shape index (κ3) is 1.77. The fourth-order valence-corrected chi connectivity index (χ4v) is 1.49. The molecule has 2 rings (SSSR count). The highest BCUT2D eigenvalue weighted by molar-refractivity contribution is 6.32. The lowest BCUT2D eigenvalue weighted by atomic mass is 10.4. The van der Waals surface area contributed by atoms with E-state index in [1.54, 1.807) is 24.4 Å². The zero-order chi connectivity index (χ0) is 11.5. The van der Waals surface area contributed by atoms with Crippen molar-refractivity contribution in [3.8, 4) is 5.82 Å². The Morgan fingerprint density at radius 1 is 1.44 bits per heavy atom. The Morgan fingerprint density at radius 2 is 2.25 bits per heavy atom. The summed E-state index contributed by atoms with van der Waals surface area (Å²) in [7, 11) is 1.29. The normalized spacial score (nSPS) is 10.1. The highest BCUT2D eigenvalue weighted by Gasteiger charge is 2.19. The van der Waals surface area contributed by atoms with Crippen LogP contribution in [0.4, 0.5) is 0 Å². The van der Waals surface area contributed by atoms with E-state index in [2.05, 4.69) is 14.7 Å². The number of nitrogens with zero attached hydrogens (tertiary/aromatic N) is 3. The van der Waals surface area contributed by atoms with E-state index in [1.807, 2.05) is 0 Å². The highest BCUT2D eigenvalue weighted by Crippen LogP contribution is 2.18. The first-order valence-electron chi connectivity index (χ1n) is 4.46. The predicted octanol–water partition coefficient (Wildman–Crippen LogP) is 1.71. The summed E-state index contributed by atoms with van der Waals surface area (Å²) in [5.74, 6) is 0.00968. The number of carbonyl (C=O) groups is 1. The lowest BCUT2D eigenvalue weighted by Gasteiger charge is -2.04. The summed E-state index contributed by atoms with van der Waals surface area (Å²) in [6.45, 7) is 0. The van der Waals surface area contributed by atoms with Crippen molar-refractivity contribution in [1.29, 1.82) is 0 Å². The van der Waals surface area contributed by atoms with Crippen LogP contribution in [-0.2, 0) is 4.74 Å². The number of rotatable bonds is 2. The number of hydrogen-bond donors (Lipinski definition) is 0. The van der Waals surface area contributed by atoms with Gasteiger partial charge in [0.25, 0.3) is 0 Å². The standard InChI is InChI=1S/C10H8ClN3O2/c1-16-10(15)8-9(11)13-6-14(8)7-4-2-3-5-12-7/h2-6H,1H3. The van der Waals surface area contributed by atoms with Gasteiger partial charge >= 0.3 is 5.97 Å². The van der Waals surface area contributed by atoms with E-state index in [0.717, 1.165) is 0 Å². The molecule has 2 heterocycles. The Hall–Kier alpha value is -1.88. The van der Waals surface area contributed by atoms with Gasteiger partial charge in [-0.05, 0) is 12.1 Å². The lowest BCUT2D eigenvalue weighted by molar-refractivity contribution is 0.0591. The molecule has 0 saturated heterocycles. The van der Waals surface area contributed by atoms with E-state index in [1.165, 1.54) is 18.0 Å². The molecular formula is C10H8ClN3O2. The minimum atomic E-state index is -0.548. The molecule has 0 N–H and O–H groups in total. The zero-order valence-electron chi connectivity index (χ0n) is 8.42. The molecule has 0 saturated carbocycles. The van der Waals surface area contributed by atoms with Gasteiger partial charge < -0.3 is 4.74 Å². The number of halogens is 1. The first-order valence-corrected chi connectivity index (χ1v) is 4.84. The third-order valence-electron chi connectivity index (χ3n) is 2.00. The van der Waals surface area contributed by atoms with Crippen LogP contribution in [0.2, 0.25) is 5.15 Å². The summed E-state index contributed by atoms with van der Waals surface area (Å²) in [6.07, 6.45) is 3.04. The van der Waals surface area contributed by atoms with Gasteiger partial charge in [-0.1, -0.05) is 17.7 Å². The Morgan fingerprint density at radius 3 is 2.88 bits per heavy atom. The van der Waals surface area contributed by atoms with Crippen LogP contribution in [0, 0.1) is 0 Å². The summed E-state index contributed by atoms with van der Waals surface area (Å²) in [4.78, 5) is 19.4. The summed E-state index contributed by atoms with van der Waals surface area (Å²) >= 11 is 5.81. The lowest BCUT2D eigenvalue weighted by Crippen LogP contribution is -2.10. The number of pyridine rings is 1. The molecular weight excluding hydrogens is 230 g/mol. The monoisotopic (exact) mass is 237 g/mol. The Kier molecular flexibility index (Phi) is 2.87. The van der Waals surface area contributed by atoms with Crippen LogP contribution in [0.3, 0.4) is 0 Å². The van der Waals surface area contributed by atoms with Crippen molar-refractivity contribution in [2.75, 3.05) is 7.11 Å². The molecule has 2 aromatic rings. The van der Waals surface area contributed by atoms with Gasteiger partial charge in [0.1, 0.15) is 12.1 Å². The summed E-state index contributed by atoms with van der Waals surface area (Å²) in [5, 5.41) is 0.0949. The van der Waals surface area contributed by atoms with Crippen LogP contribution in [-0.4, -0.2) is 27.6 Å². The van der Waals surface area contributed by atoms with E-state index >= 15 is 0 Å². The maximum atomic E-state index is 11.5. The van der Waals surface area contributed by atoms with Crippen LogP contribution in [0.1, 0.15) is 10.5 Å². The highest BCUT2D eigenvalue weighted by atomic mass is 35.5. The van der Waals surface area contributed by atoms with E-state index in [4.69, 9.17) is 11.6 Å². The van der Waals surface area contributed by atoms with Gasteiger partial charge in [-0.25, -0.2) is 14.8 Å². The summed E-state index contributed by atoms with van der Waals surface area (Å²) in [5.41, 5.74) is 0.169. The SMILES string of the molecule is COC(=O)c1c(Cl)ncn1-c1ccccn1. The second-order valence-corrected chi connectivity index (χ2v) is 3.29. The molecule has 0 fully saturated rings. The average molecular weight is 238 g/mol. The zero-order valence-corrected chi connectivity index (χ0v) is 9.18. The fourth-order valence-electron chi connectivity index (χ4n) is 1.28. The fraction of sp³-hybridized carbons (Fsp3) is 0.100. The predicted molar refractivity (Wildman–Crippen MR) is 57.7 cm³/mol. The molecule has 0 aliphatic heterocycles. The van der Waals surface area contributed by atoms with Crippen molar-refractivity contribution in [1.82, 2.24) is 14.5 Å². The second kappa shape index (κ2) is 4.32. The van der Waals surface area contributed by atoms with Crippen molar-refractivity contribution in [2.45, 2.75) is 0 Å². The van der Waals surface area contributed by atoms with Crippen molar-refractivity contribution in [3.63, 3.8) is 0 Å². The number of ether oxygens (including phenoxy) is 1. The van der Waals surface area contributed by atoms with Crippen molar-refractivity contribution in [3.05, 3.63) is 41.6 Å². The van der Waals surface area contributed by atoms with Gasteiger partial charge in [0.05, 0.1) is 7.11 Å².